The molecule has 106 valence electrons. The van der Waals surface area contributed by atoms with E-state index in [0.29, 0.717) is 11.8 Å². The third kappa shape index (κ3) is 2.05. The van der Waals surface area contributed by atoms with Crippen LogP contribution in [0.25, 0.3) is 0 Å². The number of aryl methyl sites for hydroxylation is 1. The Morgan fingerprint density at radius 3 is 2.80 bits per heavy atom. The lowest BCUT2D eigenvalue weighted by molar-refractivity contribution is -0.140. The van der Waals surface area contributed by atoms with E-state index in [4.69, 9.17) is 4.84 Å². The van der Waals surface area contributed by atoms with Crippen molar-refractivity contribution in [3.8, 4) is 0 Å². The van der Waals surface area contributed by atoms with Crippen molar-refractivity contribution in [3.63, 3.8) is 0 Å². The fourth-order valence-electron chi connectivity index (χ4n) is 4.14. The molecule has 0 bridgehead atoms. The summed E-state index contributed by atoms with van der Waals surface area (Å²) >= 11 is 0. The highest BCUT2D eigenvalue weighted by Gasteiger charge is 2.57. The van der Waals surface area contributed by atoms with Crippen molar-refractivity contribution in [2.45, 2.75) is 50.5 Å². The van der Waals surface area contributed by atoms with E-state index in [9.17, 15) is 4.79 Å². The minimum Gasteiger partial charge on any atom is -0.272 e. The summed E-state index contributed by atoms with van der Waals surface area (Å²) in [6, 6.07) is 8.58. The van der Waals surface area contributed by atoms with Gasteiger partial charge in [0, 0.05) is 0 Å². The largest absolute Gasteiger partial charge is 0.272 e. The van der Waals surface area contributed by atoms with Crippen LogP contribution in [0.1, 0.15) is 49.1 Å². The normalized spacial score (nSPS) is 31.5. The molecular weight excluding hydrogens is 250 g/mol. The third-order valence-corrected chi connectivity index (χ3v) is 5.26. The maximum absolute atomic E-state index is 12.3. The van der Waals surface area contributed by atoms with Crippen molar-refractivity contribution in [2.75, 3.05) is 0 Å². The zero-order valence-corrected chi connectivity index (χ0v) is 11.7. The molecule has 2 fully saturated rings. The number of nitrogens with one attached hydrogen (secondary N) is 1. The van der Waals surface area contributed by atoms with Crippen LogP contribution in [0.3, 0.4) is 0 Å². The van der Waals surface area contributed by atoms with Gasteiger partial charge in [-0.3, -0.25) is 9.63 Å². The van der Waals surface area contributed by atoms with Gasteiger partial charge >= 0.3 is 0 Å². The first kappa shape index (κ1) is 12.4. The average molecular weight is 271 g/mol. The first-order chi connectivity index (χ1) is 9.84. The molecule has 4 rings (SSSR count). The molecule has 1 aromatic rings. The molecule has 0 spiro atoms. The molecule has 0 heterocycles. The predicted octanol–water partition coefficient (Wildman–Crippen LogP) is 2.95. The maximum atomic E-state index is 12.3. The van der Waals surface area contributed by atoms with Crippen molar-refractivity contribution in [2.24, 2.45) is 11.8 Å². The summed E-state index contributed by atoms with van der Waals surface area (Å²) in [6.07, 6.45) is 7.12. The molecule has 0 aliphatic heterocycles. The van der Waals surface area contributed by atoms with E-state index >= 15 is 0 Å². The van der Waals surface area contributed by atoms with E-state index in [1.54, 1.807) is 0 Å². The summed E-state index contributed by atoms with van der Waals surface area (Å²) < 4.78 is 0. The number of carbonyl (C=O) groups is 1. The standard InChI is InChI=1S/C17H21NO2/c19-17(18-20-12-6-2-3-7-12)16-14-10-9-11-5-1-4-8-13(11)15(14)16/h1,4-5,8,12,14-16H,2-3,6-7,9-10H2,(H,18,19). The highest BCUT2D eigenvalue weighted by Crippen LogP contribution is 2.59. The highest BCUT2D eigenvalue weighted by atomic mass is 16.7. The first-order valence-electron chi connectivity index (χ1n) is 7.88. The second-order valence-electron chi connectivity index (χ2n) is 6.44. The minimum atomic E-state index is 0.101. The Kier molecular flexibility index (Phi) is 3.03. The number of amides is 1. The Bertz CT molecular complexity index is 521. The first-order valence-corrected chi connectivity index (χ1v) is 7.88. The molecule has 0 radical (unpaired) electrons. The monoisotopic (exact) mass is 271 g/mol. The Morgan fingerprint density at radius 2 is 1.95 bits per heavy atom. The van der Waals surface area contributed by atoms with E-state index in [1.807, 2.05) is 0 Å². The third-order valence-electron chi connectivity index (χ3n) is 5.26. The number of benzene rings is 1. The zero-order chi connectivity index (χ0) is 13.5. The number of hydroxylamine groups is 1. The number of hydrogen-bond acceptors (Lipinski definition) is 2. The number of carbonyl (C=O) groups excluding carboxylic acids is 1. The van der Waals surface area contributed by atoms with Crippen LogP contribution in [0, 0.1) is 11.8 Å². The minimum absolute atomic E-state index is 0.101. The molecule has 0 saturated heterocycles. The average Bonchev–Trinajstić information content (AvgIpc) is 3.00. The fraction of sp³-hybridized carbons (Fsp3) is 0.588. The van der Waals surface area contributed by atoms with Gasteiger partial charge in [0.25, 0.3) is 0 Å². The van der Waals surface area contributed by atoms with Crippen LogP contribution in [0.4, 0.5) is 0 Å². The molecule has 3 unspecified atom stereocenters. The smallest absolute Gasteiger partial charge is 0.247 e. The van der Waals surface area contributed by atoms with Gasteiger partial charge in [-0.1, -0.05) is 37.1 Å². The molecule has 1 aromatic carbocycles. The lowest BCUT2D eigenvalue weighted by atomic mass is 9.92. The second-order valence-corrected chi connectivity index (χ2v) is 6.44. The van der Waals surface area contributed by atoms with Crippen molar-refractivity contribution >= 4 is 5.91 Å². The van der Waals surface area contributed by atoms with Crippen LogP contribution >= 0.6 is 0 Å². The van der Waals surface area contributed by atoms with Gasteiger partial charge in [-0.15, -0.1) is 0 Å². The van der Waals surface area contributed by atoms with Gasteiger partial charge in [0.15, 0.2) is 0 Å². The summed E-state index contributed by atoms with van der Waals surface area (Å²) in [6.45, 7) is 0. The predicted molar refractivity (Wildman–Crippen MR) is 76.0 cm³/mol. The Labute approximate surface area is 119 Å². The van der Waals surface area contributed by atoms with Gasteiger partial charge in [0.05, 0.1) is 12.0 Å². The van der Waals surface area contributed by atoms with E-state index in [2.05, 4.69) is 29.7 Å². The maximum Gasteiger partial charge on any atom is 0.247 e. The molecule has 3 atom stereocenters. The Hall–Kier alpha value is -1.35. The molecule has 0 aromatic heterocycles. The number of fused-ring (bicyclic) bond motifs is 3. The second kappa shape index (κ2) is 4.88. The van der Waals surface area contributed by atoms with Crippen LogP contribution in [-0.2, 0) is 16.1 Å². The quantitative estimate of drug-likeness (QED) is 0.858. The van der Waals surface area contributed by atoms with Crippen LogP contribution < -0.4 is 5.48 Å². The lowest BCUT2D eigenvalue weighted by Gasteiger charge is -2.13. The van der Waals surface area contributed by atoms with Crippen molar-refractivity contribution in [1.82, 2.24) is 5.48 Å². The Morgan fingerprint density at radius 1 is 1.15 bits per heavy atom. The van der Waals surface area contributed by atoms with Gasteiger partial charge in [0.2, 0.25) is 5.91 Å². The molecule has 3 aliphatic rings. The highest BCUT2D eigenvalue weighted by molar-refractivity contribution is 5.83. The van der Waals surface area contributed by atoms with Crippen LogP contribution in [-0.4, -0.2) is 12.0 Å². The molecule has 1 amide bonds. The summed E-state index contributed by atoms with van der Waals surface area (Å²) in [7, 11) is 0. The van der Waals surface area contributed by atoms with E-state index < -0.39 is 0 Å². The molecule has 3 heteroatoms. The molecular formula is C17H21NO2. The number of hydrogen-bond donors (Lipinski definition) is 1. The van der Waals surface area contributed by atoms with Gasteiger partial charge in [-0.2, -0.15) is 0 Å². The van der Waals surface area contributed by atoms with Crippen molar-refractivity contribution < 1.29 is 9.63 Å². The van der Waals surface area contributed by atoms with Crippen molar-refractivity contribution in [1.29, 1.82) is 0 Å². The molecule has 1 N–H and O–H groups in total. The molecule has 20 heavy (non-hydrogen) atoms. The van der Waals surface area contributed by atoms with Crippen molar-refractivity contribution in [3.05, 3.63) is 35.4 Å². The summed E-state index contributed by atoms with van der Waals surface area (Å²) in [5.41, 5.74) is 5.56. The van der Waals surface area contributed by atoms with Crippen LogP contribution in [0.2, 0.25) is 0 Å². The number of rotatable bonds is 3. The zero-order valence-electron chi connectivity index (χ0n) is 11.7. The van der Waals surface area contributed by atoms with Crippen LogP contribution in [0.5, 0.6) is 0 Å². The summed E-state index contributed by atoms with van der Waals surface area (Å²) in [5.74, 6) is 1.22. The van der Waals surface area contributed by atoms with Gasteiger partial charge in [-0.05, 0) is 48.6 Å². The Balaban J connectivity index is 1.40. The molecule has 2 saturated carbocycles. The topological polar surface area (TPSA) is 38.3 Å². The van der Waals surface area contributed by atoms with E-state index in [0.717, 1.165) is 25.7 Å². The van der Waals surface area contributed by atoms with Gasteiger partial charge < -0.3 is 0 Å². The van der Waals surface area contributed by atoms with E-state index in [1.165, 1.54) is 24.0 Å². The molecule has 3 nitrogen and oxygen atoms in total. The summed E-state index contributed by atoms with van der Waals surface area (Å²) in [4.78, 5) is 17.9. The summed E-state index contributed by atoms with van der Waals surface area (Å²) in [5, 5.41) is 0. The lowest BCUT2D eigenvalue weighted by Crippen LogP contribution is -2.30. The van der Waals surface area contributed by atoms with Gasteiger partial charge in [0.1, 0.15) is 0 Å². The fourth-order valence-corrected chi connectivity index (χ4v) is 4.14. The van der Waals surface area contributed by atoms with E-state index in [-0.39, 0.29) is 17.9 Å². The molecule has 3 aliphatic carbocycles. The van der Waals surface area contributed by atoms with Crippen LogP contribution in [0.15, 0.2) is 24.3 Å². The SMILES string of the molecule is O=C(NOC1CCCC1)C1C2CCc3ccccc3C21. The van der Waals surface area contributed by atoms with Gasteiger partial charge in [-0.25, -0.2) is 5.48 Å².